The maximum Gasteiger partial charge on any atom is 0.494 e. The van der Waals surface area contributed by atoms with Crippen LogP contribution in [0.2, 0.25) is 0 Å². The zero-order chi connectivity index (χ0) is 23.3. The summed E-state index contributed by atoms with van der Waals surface area (Å²) in [6.07, 6.45) is 0. The van der Waals surface area contributed by atoms with Crippen molar-refractivity contribution in [1.29, 1.82) is 0 Å². The van der Waals surface area contributed by atoms with Crippen LogP contribution in [0.5, 0.6) is 0 Å². The minimum absolute atomic E-state index is 0.335. The molecule has 166 valence electrons. The van der Waals surface area contributed by atoms with Crippen molar-refractivity contribution < 1.29 is 9.31 Å². The molecule has 34 heavy (non-hydrogen) atoms. The zero-order valence-corrected chi connectivity index (χ0v) is 20.1. The lowest BCUT2D eigenvalue weighted by molar-refractivity contribution is 0.00578. The standard InChI is InChI=1S/C31H27BO2/c1-29(2)30(3,4)34-32(33-29)20-17-18-24-23-13-7-10-16-27(23)31(28(24)19-20)25-14-8-5-11-21(25)22-12-6-9-15-26(22)31/h5-19H,1-4H3. The van der Waals surface area contributed by atoms with E-state index < -0.39 is 0 Å². The fraction of sp³-hybridized carbons (Fsp3) is 0.226. The van der Waals surface area contributed by atoms with Gasteiger partial charge < -0.3 is 9.31 Å². The molecule has 0 radical (unpaired) electrons. The first kappa shape index (κ1) is 20.3. The number of hydrogen-bond donors (Lipinski definition) is 0. The van der Waals surface area contributed by atoms with Gasteiger partial charge >= 0.3 is 7.12 Å². The van der Waals surface area contributed by atoms with Crippen LogP contribution in [0.3, 0.4) is 0 Å². The summed E-state index contributed by atoms with van der Waals surface area (Å²) in [7, 11) is -0.386. The van der Waals surface area contributed by atoms with Gasteiger partial charge in [0.25, 0.3) is 0 Å². The molecule has 1 heterocycles. The molecule has 2 nitrogen and oxygen atoms in total. The lowest BCUT2D eigenvalue weighted by atomic mass is 9.68. The second-order valence-corrected chi connectivity index (χ2v) is 10.8. The summed E-state index contributed by atoms with van der Waals surface area (Å²) in [6, 6.07) is 33.5. The highest BCUT2D eigenvalue weighted by Crippen LogP contribution is 2.62. The monoisotopic (exact) mass is 442 g/mol. The van der Waals surface area contributed by atoms with Crippen LogP contribution in [0, 0.1) is 0 Å². The van der Waals surface area contributed by atoms with Crippen molar-refractivity contribution >= 4 is 12.6 Å². The molecule has 0 bridgehead atoms. The van der Waals surface area contributed by atoms with Crippen LogP contribution in [0.25, 0.3) is 22.3 Å². The molecule has 3 heteroatoms. The number of rotatable bonds is 1. The molecule has 0 aromatic heterocycles. The van der Waals surface area contributed by atoms with Crippen molar-refractivity contribution in [2.24, 2.45) is 0 Å². The molecule has 4 aromatic rings. The van der Waals surface area contributed by atoms with E-state index in [1.165, 1.54) is 44.5 Å². The normalized spacial score (nSPS) is 19.6. The van der Waals surface area contributed by atoms with Crippen LogP contribution in [0.4, 0.5) is 0 Å². The fourth-order valence-electron chi connectivity index (χ4n) is 6.24. The fourth-order valence-corrected chi connectivity index (χ4v) is 6.24. The Morgan fingerprint density at radius 2 is 0.912 bits per heavy atom. The maximum atomic E-state index is 6.45. The zero-order valence-electron chi connectivity index (χ0n) is 20.1. The molecule has 0 amide bonds. The third kappa shape index (κ3) is 2.34. The van der Waals surface area contributed by atoms with Gasteiger partial charge in [0.05, 0.1) is 16.6 Å². The third-order valence-corrected chi connectivity index (χ3v) is 8.55. The van der Waals surface area contributed by atoms with E-state index in [1.54, 1.807) is 0 Å². The van der Waals surface area contributed by atoms with Gasteiger partial charge in [0.1, 0.15) is 0 Å². The van der Waals surface area contributed by atoms with Gasteiger partial charge in [0.15, 0.2) is 0 Å². The molecule has 4 aromatic carbocycles. The molecule has 1 fully saturated rings. The van der Waals surface area contributed by atoms with Crippen LogP contribution in [-0.2, 0) is 14.7 Å². The van der Waals surface area contributed by atoms with Gasteiger partial charge in [-0.2, -0.15) is 0 Å². The number of benzene rings is 4. The van der Waals surface area contributed by atoms with E-state index in [1.807, 2.05) is 0 Å². The predicted octanol–water partition coefficient (Wildman–Crippen LogP) is 6.33. The molecule has 1 aliphatic heterocycles. The average Bonchev–Trinajstić information content (AvgIpc) is 3.39. The summed E-state index contributed by atoms with van der Waals surface area (Å²) in [5, 5.41) is 0. The second kappa shape index (κ2) is 6.50. The summed E-state index contributed by atoms with van der Waals surface area (Å²) in [5.74, 6) is 0. The topological polar surface area (TPSA) is 18.5 Å². The van der Waals surface area contributed by atoms with Gasteiger partial charge in [0.2, 0.25) is 0 Å². The highest BCUT2D eigenvalue weighted by Gasteiger charge is 2.54. The summed E-state index contributed by atoms with van der Waals surface area (Å²) >= 11 is 0. The Morgan fingerprint density at radius 3 is 1.38 bits per heavy atom. The minimum atomic E-state index is -0.386. The third-order valence-electron chi connectivity index (χ3n) is 8.55. The van der Waals surface area contributed by atoms with E-state index in [0.29, 0.717) is 0 Å². The first-order valence-corrected chi connectivity index (χ1v) is 12.1. The van der Waals surface area contributed by atoms with Crippen molar-refractivity contribution in [2.75, 3.05) is 0 Å². The van der Waals surface area contributed by atoms with E-state index in [-0.39, 0.29) is 23.7 Å². The lowest BCUT2D eigenvalue weighted by Crippen LogP contribution is -2.41. The van der Waals surface area contributed by atoms with E-state index in [0.717, 1.165) is 5.46 Å². The number of hydrogen-bond acceptors (Lipinski definition) is 2. The number of fused-ring (bicyclic) bond motifs is 10. The highest BCUT2D eigenvalue weighted by atomic mass is 16.7. The molecule has 0 atom stereocenters. The molecular formula is C31H27BO2. The van der Waals surface area contributed by atoms with Crippen LogP contribution in [-0.4, -0.2) is 18.3 Å². The second-order valence-electron chi connectivity index (χ2n) is 10.8. The van der Waals surface area contributed by atoms with E-state index in [9.17, 15) is 0 Å². The quantitative estimate of drug-likeness (QED) is 0.277. The highest BCUT2D eigenvalue weighted by molar-refractivity contribution is 6.62. The molecule has 0 saturated carbocycles. The van der Waals surface area contributed by atoms with Crippen LogP contribution in [0.15, 0.2) is 91.0 Å². The summed E-state index contributed by atoms with van der Waals surface area (Å²) in [4.78, 5) is 0. The molecule has 0 unspecified atom stereocenters. The lowest BCUT2D eigenvalue weighted by Gasteiger charge is -2.32. The van der Waals surface area contributed by atoms with Crippen LogP contribution in [0.1, 0.15) is 49.9 Å². The Kier molecular flexibility index (Phi) is 3.87. The van der Waals surface area contributed by atoms with Gasteiger partial charge in [-0.1, -0.05) is 91.0 Å². The summed E-state index contributed by atoms with van der Waals surface area (Å²) < 4.78 is 12.9. The van der Waals surface area contributed by atoms with Crippen molar-refractivity contribution in [3.8, 4) is 22.3 Å². The van der Waals surface area contributed by atoms with E-state index >= 15 is 0 Å². The van der Waals surface area contributed by atoms with Gasteiger partial charge in [-0.25, -0.2) is 0 Å². The van der Waals surface area contributed by atoms with E-state index in [4.69, 9.17) is 9.31 Å². The van der Waals surface area contributed by atoms with Gasteiger partial charge in [-0.05, 0) is 77.7 Å². The SMILES string of the molecule is CC1(C)OB(c2ccc3c(c2)C2(c4ccccc4-c4ccccc42)c2ccccc2-3)OC1(C)C. The van der Waals surface area contributed by atoms with Gasteiger partial charge in [-0.15, -0.1) is 0 Å². The maximum absolute atomic E-state index is 6.45. The van der Waals surface area contributed by atoms with Crippen molar-refractivity contribution in [2.45, 2.75) is 44.3 Å². The summed E-state index contributed by atoms with van der Waals surface area (Å²) in [5.41, 5.74) is 10.6. The smallest absolute Gasteiger partial charge is 0.399 e. The summed E-state index contributed by atoms with van der Waals surface area (Å²) in [6.45, 7) is 8.45. The van der Waals surface area contributed by atoms with E-state index in [2.05, 4.69) is 119 Å². The average molecular weight is 442 g/mol. The Labute approximate surface area is 201 Å². The largest absolute Gasteiger partial charge is 0.494 e. The Bertz CT molecular complexity index is 1400. The van der Waals surface area contributed by atoms with Crippen molar-refractivity contribution in [1.82, 2.24) is 0 Å². The van der Waals surface area contributed by atoms with Gasteiger partial charge in [0, 0.05) is 0 Å². The first-order valence-electron chi connectivity index (χ1n) is 12.1. The predicted molar refractivity (Wildman–Crippen MR) is 138 cm³/mol. The first-order chi connectivity index (χ1) is 16.3. The molecule has 7 rings (SSSR count). The Morgan fingerprint density at radius 1 is 0.500 bits per heavy atom. The minimum Gasteiger partial charge on any atom is -0.399 e. The molecule has 2 aliphatic carbocycles. The molecule has 1 spiro atoms. The van der Waals surface area contributed by atoms with Crippen LogP contribution < -0.4 is 5.46 Å². The van der Waals surface area contributed by atoms with Crippen molar-refractivity contribution in [3.63, 3.8) is 0 Å². The Hall–Kier alpha value is -3.14. The molecule has 0 N–H and O–H groups in total. The molecule has 1 saturated heterocycles. The van der Waals surface area contributed by atoms with Crippen molar-refractivity contribution in [3.05, 3.63) is 113 Å². The molecule has 3 aliphatic rings. The Balaban J connectivity index is 1.53. The molecular weight excluding hydrogens is 415 g/mol. The van der Waals surface area contributed by atoms with Gasteiger partial charge in [-0.3, -0.25) is 0 Å². The van der Waals surface area contributed by atoms with Crippen LogP contribution >= 0.6 is 0 Å².